The number of nitrogens with zero attached hydrogens (tertiary/aromatic N) is 6. The van der Waals surface area contributed by atoms with Crippen molar-refractivity contribution in [3.05, 3.63) is 287 Å². The van der Waals surface area contributed by atoms with Crippen LogP contribution >= 0.6 is 15.9 Å². The minimum Gasteiger partial charge on any atom is -1.00 e. The molecule has 3 atom stereocenters. The van der Waals surface area contributed by atoms with E-state index in [9.17, 15) is 19.7 Å². The van der Waals surface area contributed by atoms with Gasteiger partial charge in [0, 0.05) is 117 Å². The molecule has 0 spiro atoms. The summed E-state index contributed by atoms with van der Waals surface area (Å²) in [5.74, 6) is 0. The molecule has 7 aliphatic rings. The zero-order chi connectivity index (χ0) is 72.2. The fraction of sp³-hybridized carbons (Fsp3) is 0.417. The van der Waals surface area contributed by atoms with Gasteiger partial charge in [0.15, 0.2) is 0 Å². The van der Waals surface area contributed by atoms with Gasteiger partial charge < -0.3 is 51.9 Å². The third kappa shape index (κ3) is 29.0. The Morgan fingerprint density at radius 3 is 1.04 bits per heavy atom. The van der Waals surface area contributed by atoms with Gasteiger partial charge in [0.2, 0.25) is 0 Å². The fourth-order valence-corrected chi connectivity index (χ4v) is 14.7. The van der Waals surface area contributed by atoms with Gasteiger partial charge in [-0.25, -0.2) is 0 Å². The Labute approximate surface area is 714 Å². The molecule has 7 saturated heterocycles. The number of β-amino-alcohol motifs (C(OH)–C–C–N with tert-alkyl or cyclic N) is 1. The number of epoxide rings is 2. The van der Waals surface area contributed by atoms with Crippen molar-refractivity contribution in [3.8, 4) is 0 Å². The summed E-state index contributed by atoms with van der Waals surface area (Å²) in [5, 5.41) is 48.4. The monoisotopic (exact) mass is 1530 g/mol. The maximum Gasteiger partial charge on any atom is 1.00 e. The summed E-state index contributed by atoms with van der Waals surface area (Å²) in [5.41, 5.74) is 8.93. The van der Waals surface area contributed by atoms with Crippen molar-refractivity contribution in [2.45, 2.75) is 73.3 Å². The topological polar surface area (TPSA) is 179 Å². The van der Waals surface area contributed by atoms with Crippen LogP contribution in [0.25, 0.3) is 0 Å². The van der Waals surface area contributed by atoms with Crippen molar-refractivity contribution in [2.24, 2.45) is 0 Å². The van der Waals surface area contributed by atoms with Crippen LogP contribution in [0.15, 0.2) is 243 Å². The number of benzene rings is 8. The first-order valence-electron chi connectivity index (χ1n) is 36.9. The van der Waals surface area contributed by atoms with Crippen molar-refractivity contribution >= 4 is 22.4 Å². The van der Waals surface area contributed by atoms with Crippen LogP contribution in [0.3, 0.4) is 0 Å². The van der Waals surface area contributed by atoms with Crippen molar-refractivity contribution in [2.75, 3.05) is 150 Å². The summed E-state index contributed by atoms with van der Waals surface area (Å²) in [7, 11) is -1.00. The molecule has 0 aliphatic carbocycles. The van der Waals surface area contributed by atoms with E-state index in [2.05, 4.69) is 243 Å². The van der Waals surface area contributed by atoms with Crippen LogP contribution in [0.1, 0.15) is 91.1 Å². The molecule has 7 aliphatic heterocycles. The van der Waals surface area contributed by atoms with E-state index >= 15 is 0 Å². The van der Waals surface area contributed by atoms with Gasteiger partial charge in [-0.15, -0.1) is 0 Å². The average molecular weight is 1540 g/mol. The number of halogens is 2. The molecule has 7 fully saturated rings. The van der Waals surface area contributed by atoms with Crippen molar-refractivity contribution in [3.63, 3.8) is 0 Å². The predicted octanol–water partition coefficient (Wildman–Crippen LogP) is 4.39. The van der Waals surface area contributed by atoms with E-state index in [1.165, 1.54) is 33.4 Å². The van der Waals surface area contributed by atoms with E-state index < -0.39 is 18.4 Å². The standard InChI is InChI=1S/C31H39N3O2.C20H24N2O.C17H20N2.C11H15NO.C3H5BrO.CH3F.CH2O3.2K.H/c35-29(24-32-18-16-31(36,17-19-32)28-14-8-3-9-15-28)25-33-20-22-34(23-21-33)30(26-10-4-1-5-11-26)27-12-6-2-7-13-27;1-3-7-17(8-4-1)20(18-9-5-2-6-10-18)22-13-11-21(12-14-22)15-19-16-23-19;1-3-7-15(8-4-1)17(16-9-5-2-6-10-16)19-13-11-18-12-14-19;13-11(6-8-12-9-7-11)10-4-2-1-3-5-10;4-1-3-2-5-3;1-2;2-1-4-3;;;/h1-15,29-30,35-36H,16-25H2;1-10,19-20H,11-16H2;1-10,17-18H,11-14H2;1-5,12-13H,6-9H2;3H,1-2H2;1H3;1,3H;;;/q;;;;;;;2*+1;-1/p-1/i;;;;;1D;;;;. The van der Waals surface area contributed by atoms with Crippen LogP contribution in [0.4, 0.5) is 4.39 Å². The Kier molecular flexibility index (Phi) is 40.3. The molecule has 5 N–H and O–H groups in total. The number of likely N-dealkylation sites (tertiary alicyclic amines) is 1. The number of carbonyl (C=O) groups is 1. The number of aliphatic hydroxyl groups is 3. The van der Waals surface area contributed by atoms with Gasteiger partial charge >= 0.3 is 103 Å². The van der Waals surface area contributed by atoms with Crippen molar-refractivity contribution < 1.29 is 150 Å². The number of alkyl halides is 2. The molecule has 8 aromatic carbocycles. The van der Waals surface area contributed by atoms with Gasteiger partial charge in [-0.2, -0.15) is 0 Å². The largest absolute Gasteiger partial charge is 1.00 e. The Morgan fingerprint density at radius 2 is 0.750 bits per heavy atom. The molecule has 0 aromatic heterocycles. The Morgan fingerprint density at radius 1 is 0.481 bits per heavy atom. The second-order valence-corrected chi connectivity index (χ2v) is 27.5. The second-order valence-electron chi connectivity index (χ2n) is 26.9. The first-order chi connectivity index (χ1) is 50.5. The Hall–Kier alpha value is -3.65. The zero-order valence-electron chi connectivity index (χ0n) is 63.0. The summed E-state index contributed by atoms with van der Waals surface area (Å²) < 4.78 is 25.7. The van der Waals surface area contributed by atoms with Gasteiger partial charge in [-0.3, -0.25) is 33.7 Å². The normalized spacial score (nSPS) is 19.8. The number of piperazine rings is 3. The van der Waals surface area contributed by atoms with Crippen LogP contribution in [0.5, 0.6) is 0 Å². The van der Waals surface area contributed by atoms with E-state index in [1.54, 1.807) is 0 Å². The number of rotatable bonds is 19. The van der Waals surface area contributed by atoms with E-state index in [0.29, 0.717) is 50.2 Å². The minimum absolute atomic E-state index is 0. The molecule has 0 bridgehead atoms. The quantitative estimate of drug-likeness (QED) is 0.0192. The van der Waals surface area contributed by atoms with Crippen LogP contribution in [0, 0.1) is 0 Å². The van der Waals surface area contributed by atoms with E-state index in [-0.39, 0.29) is 123 Å². The van der Waals surface area contributed by atoms with E-state index in [4.69, 9.17) is 20.9 Å². The number of carbonyl (C=O) groups excluding carboxylic acids is 1. The minimum atomic E-state index is -1.00. The number of ether oxygens (including phenoxy) is 2. The van der Waals surface area contributed by atoms with Crippen molar-refractivity contribution in [1.29, 1.82) is 0 Å². The van der Waals surface area contributed by atoms with Crippen LogP contribution in [0.2, 0.25) is 0 Å². The van der Waals surface area contributed by atoms with Gasteiger partial charge in [0.1, 0.15) is 0 Å². The second kappa shape index (κ2) is 48.8. The first kappa shape index (κ1) is 86.0. The molecule has 0 saturated carbocycles. The number of nitrogens with one attached hydrogen (secondary N) is 2. The summed E-state index contributed by atoms with van der Waals surface area (Å²) in [6.07, 6.45) is 3.73. The summed E-state index contributed by atoms with van der Waals surface area (Å²) in [6, 6.07) is 85.9. The number of hydrogen-bond donors (Lipinski definition) is 5. The maximum atomic E-state index is 11.1. The molecule has 16 nitrogen and oxygen atoms in total. The maximum absolute atomic E-state index is 11.1. The number of aliphatic hydroxyl groups excluding tert-OH is 1. The average Bonchev–Trinajstić information content (AvgIpc) is 1.46. The molecule has 0 amide bonds. The third-order valence-electron chi connectivity index (χ3n) is 19.9. The molecular formula is C84H108BrFK2N8O8. The Bertz CT molecular complexity index is 3390. The molecule has 104 heavy (non-hydrogen) atoms. The van der Waals surface area contributed by atoms with E-state index in [1.807, 2.05) is 60.7 Å². The molecule has 3 unspecified atom stereocenters. The Balaban J connectivity index is 0.000000218. The van der Waals surface area contributed by atoms with Crippen LogP contribution in [-0.2, 0) is 30.4 Å². The number of piperidine rings is 2. The summed E-state index contributed by atoms with van der Waals surface area (Å²) in [6.45, 7) is 20.4. The van der Waals surface area contributed by atoms with Gasteiger partial charge in [-0.05, 0) is 83.3 Å². The molecule has 0 radical (unpaired) electrons. The van der Waals surface area contributed by atoms with Gasteiger partial charge in [-0.1, -0.05) is 259 Å². The van der Waals surface area contributed by atoms with Gasteiger partial charge in [0.05, 0.1) is 69.4 Å². The molecule has 7 heterocycles. The van der Waals surface area contributed by atoms with E-state index in [0.717, 1.165) is 154 Å². The molecule has 20 heteroatoms. The fourth-order valence-electron chi connectivity index (χ4n) is 14.3. The first-order valence-corrected chi connectivity index (χ1v) is 37.4. The van der Waals surface area contributed by atoms with Crippen LogP contribution < -0.4 is 119 Å². The summed E-state index contributed by atoms with van der Waals surface area (Å²) >= 11 is 3.25. The molecule has 8 aromatic rings. The van der Waals surface area contributed by atoms with Gasteiger partial charge in [0.25, 0.3) is 6.47 Å². The molecule has 548 valence electrons. The SMILES string of the molecule is BrCC1CO1.O=CO[O-].OC(CN1CCN(C(c2ccccc2)c2ccccc2)CC1)CN1CCC(O)(c2ccccc2)CC1.OC1(c2ccccc2)CCNCC1.[2H]CF.[H-].[K+].[K+].c1ccc(C(c2ccccc2)N2CCN(CC3CO3)CC2)cc1.c1ccc(C(c2ccccc2)N2CCNCC2)cc1. The predicted molar refractivity (Wildman–Crippen MR) is 408 cm³/mol. The zero-order valence-corrected chi connectivity index (χ0v) is 68.9. The summed E-state index contributed by atoms with van der Waals surface area (Å²) in [4.78, 5) is 26.3. The molecular weight excluding hydrogens is 1430 g/mol. The molecule has 15 rings (SSSR count). The third-order valence-corrected chi connectivity index (χ3v) is 20.6. The number of hydrogen-bond acceptors (Lipinski definition) is 16. The van der Waals surface area contributed by atoms with Crippen LogP contribution in [-0.4, -0.2) is 220 Å². The smallest absolute Gasteiger partial charge is 1.00 e. The van der Waals surface area contributed by atoms with Crippen molar-refractivity contribution in [1.82, 2.24) is 40.0 Å².